The van der Waals surface area contributed by atoms with Crippen molar-refractivity contribution in [2.45, 2.75) is 291 Å². The minimum absolute atomic E-state index is 0.0207. The van der Waals surface area contributed by atoms with Gasteiger partial charge in [0.15, 0.2) is 11.6 Å². The van der Waals surface area contributed by atoms with Crippen LogP contribution in [0.4, 0.5) is 0 Å². The number of carbonyl (C=O) groups excluding carboxylic acids is 3. The Morgan fingerprint density at radius 3 is 1.71 bits per heavy atom. The summed E-state index contributed by atoms with van der Waals surface area (Å²) < 4.78 is 12.3. The maximum atomic E-state index is 12.7. The van der Waals surface area contributed by atoms with Gasteiger partial charge in [-0.05, 0) is 223 Å². The zero-order valence-corrected chi connectivity index (χ0v) is 77.2. The minimum Gasteiger partial charge on any atom is -0.478 e. The average molecular weight is 1640 g/mol. The molecule has 0 saturated carbocycles. The summed E-state index contributed by atoms with van der Waals surface area (Å²) in [5.41, 5.74) is 13.6. The number of ketones is 2. The van der Waals surface area contributed by atoms with Crippen molar-refractivity contribution < 1.29 is 63.9 Å². The van der Waals surface area contributed by atoms with E-state index in [-0.39, 0.29) is 52.8 Å². The van der Waals surface area contributed by atoms with Gasteiger partial charge in [-0.25, -0.2) is 9.79 Å². The number of rotatable bonds is 19. The number of allylic oxidation sites excluding steroid dienone is 8. The molecule has 0 aromatic heterocycles. The highest BCUT2D eigenvalue weighted by Crippen LogP contribution is 2.51. The summed E-state index contributed by atoms with van der Waals surface area (Å²) in [6.07, 6.45) is 30.6. The predicted octanol–water partition coefficient (Wildman–Crippen LogP) is 17.1. The van der Waals surface area contributed by atoms with Gasteiger partial charge in [-0.1, -0.05) is 234 Å². The molecule has 3 heterocycles. The summed E-state index contributed by atoms with van der Waals surface area (Å²) in [6, 6.07) is 29.6. The molecule has 5 aromatic rings. The van der Waals surface area contributed by atoms with Gasteiger partial charge in [0.25, 0.3) is 5.91 Å². The number of nitrogens with one attached hydrogen (secondary N) is 3. The summed E-state index contributed by atoms with van der Waals surface area (Å²) >= 11 is 2.14. The summed E-state index contributed by atoms with van der Waals surface area (Å²) in [7, 11) is -1.49. The lowest BCUT2D eigenvalue weighted by molar-refractivity contribution is -0.451. The normalized spacial score (nSPS) is 19.9. The number of aryl methyl sites for hydroxylation is 2. The van der Waals surface area contributed by atoms with Crippen molar-refractivity contribution in [2.75, 3.05) is 12.3 Å². The first kappa shape index (κ1) is 103. The molecule has 0 bridgehead atoms. The van der Waals surface area contributed by atoms with E-state index in [9.17, 15) is 39.4 Å². The van der Waals surface area contributed by atoms with Gasteiger partial charge < -0.3 is 50.3 Å². The Bertz CT molecular complexity index is 4050. The number of carbonyl (C=O) groups is 4. The van der Waals surface area contributed by atoms with Crippen molar-refractivity contribution >= 4 is 90.6 Å². The first-order valence-electron chi connectivity index (χ1n) is 44.0. The summed E-state index contributed by atoms with van der Waals surface area (Å²) in [6.45, 7) is 52.0. The highest BCUT2D eigenvalue weighted by atomic mass is 32.2. The first-order valence-corrected chi connectivity index (χ1v) is 45.1. The Kier molecular flexibility index (Phi) is 45.0. The highest BCUT2D eigenvalue weighted by molar-refractivity contribution is 8.00. The lowest BCUT2D eigenvalue weighted by atomic mass is 9.61. The Morgan fingerprint density at radius 1 is 0.661 bits per heavy atom. The number of carboxylic acid groups (broad SMARTS) is 1. The first-order chi connectivity index (χ1) is 55.7. The van der Waals surface area contributed by atoms with E-state index in [4.69, 9.17) is 19.5 Å². The molecular weight excluding hydrogens is 1490 g/mol. The van der Waals surface area contributed by atoms with Crippen LogP contribution in [-0.4, -0.2) is 129 Å². The van der Waals surface area contributed by atoms with Gasteiger partial charge in [-0.3, -0.25) is 14.4 Å². The molecule has 3 aliphatic carbocycles. The van der Waals surface area contributed by atoms with E-state index in [1.165, 1.54) is 93.2 Å². The number of fused-ring (bicyclic) bond motifs is 3. The van der Waals surface area contributed by atoms with Crippen LogP contribution >= 0.6 is 11.8 Å². The minimum atomic E-state index is -1.49. The molecule has 15 nitrogen and oxygen atoms in total. The molecular formula is C98H148B4N3O12S+. The third-order valence-electron chi connectivity index (χ3n) is 21.9. The molecule has 9 N–H and O–H groups in total. The van der Waals surface area contributed by atoms with Crippen molar-refractivity contribution in [3.05, 3.63) is 207 Å². The van der Waals surface area contributed by atoms with E-state index in [1.54, 1.807) is 93.3 Å². The topological polar surface area (TPSA) is 246 Å². The predicted molar refractivity (Wildman–Crippen MR) is 501 cm³/mol. The van der Waals surface area contributed by atoms with Crippen molar-refractivity contribution in [3.63, 3.8) is 0 Å². The standard InChI is InChI=1S/C31H35NO4.C11H16BNO2.C11H15BO2.C11H19NS.C11H20O.C11H20.C10H16B2O3.C2H6/c1-7-9-20-15-27-24(12-18(20)5)29(25-13-19(6)26(32-8-2)16-28(25)36-27)22-11-10-21(30(33)17(3)4)14-23(22)31(34)35;1-8(2)13-11(14)9-4-6-10(7-5-9)12(3)15;1-8(2)11(13)9-4-6-10(7-5-9)12(3)14;1-7-5-8-9(12-7)6-13-10(8)11(2,3)4;1-10(2)12-11-8-6-4-3-5-7-9-11;1-10(2)11-8-6-4-3-5-7-9-11;1-7(2)8-4-9(11(3)13)6-10(5-8)12(14)15;1-2/h10-17,25,29H,7-9H2,1-6H3,(H,34,35);4-8,15H,1-3H3,(H,13,14);4-8,14H,1-3H3;8-10,12H,1,5-6H2,2-4H3;3-4,10-11H,5-9H2,1-2H3;3-4,10-11H,5-9H2,1-2H3;4-7,13-15H,1-3H3;1-2H3/p+1/b;;;;2*4-3+;;. The third kappa shape index (κ3) is 33.3. The van der Waals surface area contributed by atoms with E-state index >= 15 is 0 Å². The second kappa shape index (κ2) is 51.5. The van der Waals surface area contributed by atoms with Crippen molar-refractivity contribution in [1.29, 1.82) is 0 Å². The Hall–Kier alpha value is -7.28. The van der Waals surface area contributed by atoms with Crippen LogP contribution < -0.4 is 42.2 Å². The number of aromatic carboxylic acids is 1. The van der Waals surface area contributed by atoms with Crippen LogP contribution in [-0.2, 0) is 11.2 Å². The highest BCUT2D eigenvalue weighted by Gasteiger charge is 2.46. The van der Waals surface area contributed by atoms with Crippen LogP contribution in [0.5, 0.6) is 5.75 Å². The fourth-order valence-corrected chi connectivity index (χ4v) is 17.1. The monoisotopic (exact) mass is 1640 g/mol. The van der Waals surface area contributed by atoms with E-state index in [1.807, 2.05) is 81.4 Å². The largest absolute Gasteiger partial charge is 0.488 e. The van der Waals surface area contributed by atoms with Gasteiger partial charge in [-0.15, -0.1) is 0 Å². The lowest BCUT2D eigenvalue weighted by Crippen LogP contribution is -2.72. The molecule has 5 aromatic carbocycles. The smallest absolute Gasteiger partial charge is 0.478 e. The Balaban J connectivity index is 0.000000305. The molecule has 2 saturated heterocycles. The maximum Gasteiger partial charge on any atom is 0.488 e. The molecule has 644 valence electrons. The molecule has 2 fully saturated rings. The molecule has 7 atom stereocenters. The molecule has 0 radical (unpaired) electrons. The number of hydrogen-bond donors (Lipinski definition) is 9. The number of benzene rings is 5. The second-order valence-electron chi connectivity index (χ2n) is 35.1. The van der Waals surface area contributed by atoms with Gasteiger partial charge in [0, 0.05) is 86.4 Å². The second-order valence-corrected chi connectivity index (χ2v) is 36.3. The molecule has 11 rings (SSSR count). The number of Topliss-reactive ketones (excluding diaryl/α,β-unsaturated/α-hetero) is 2. The fourth-order valence-electron chi connectivity index (χ4n) is 15.3. The van der Waals surface area contributed by atoms with Gasteiger partial charge >= 0.3 is 33.8 Å². The summed E-state index contributed by atoms with van der Waals surface area (Å²) in [4.78, 5) is 51.7. The van der Waals surface area contributed by atoms with Crippen molar-refractivity contribution in [3.8, 4) is 5.75 Å². The van der Waals surface area contributed by atoms with Gasteiger partial charge in [0.05, 0.1) is 17.8 Å². The van der Waals surface area contributed by atoms with E-state index in [2.05, 4.69) is 159 Å². The quantitative estimate of drug-likeness (QED) is 0.0212. The van der Waals surface area contributed by atoms with Crippen LogP contribution in [0, 0.1) is 47.8 Å². The zero-order chi connectivity index (χ0) is 88.4. The SMILES string of the molecule is C=C1CC2C(CSC2C(C)(C)C)N1.CB(O)c1cc(B(O)O)cc(C(C)C)c1.CB(O)c1ccc(C(=O)C(C)C)cc1.CB(O)c1ccc(C(=O)NC(C)C)cc1.CC.CC(C)C1CC/C=C/CCC1.CC(C)OC1CC/C=C/CCC1.CCCc1cc2c(cc1C)C(c1ccc(C(=O)C(C)C)cc1C(=O)O)C1C=C(C)C(=[NH+]CC)C=C1O2. The van der Waals surface area contributed by atoms with E-state index < -0.39 is 33.8 Å². The molecule has 0 spiro atoms. The van der Waals surface area contributed by atoms with E-state index in [0.29, 0.717) is 62.8 Å². The summed E-state index contributed by atoms with van der Waals surface area (Å²) in [5, 5.41) is 63.6. The molecule has 3 aliphatic heterocycles. The number of hydrogen-bond acceptors (Lipinski definition) is 13. The van der Waals surface area contributed by atoms with Crippen LogP contribution in [0.1, 0.15) is 297 Å². The molecule has 6 aliphatic rings. The van der Waals surface area contributed by atoms with Crippen LogP contribution in [0.15, 0.2) is 157 Å². The molecule has 7 unspecified atom stereocenters. The molecule has 118 heavy (non-hydrogen) atoms. The number of ether oxygens (including phenoxy) is 2. The van der Waals surface area contributed by atoms with Gasteiger partial charge in [0.2, 0.25) is 5.71 Å². The molecule has 1 amide bonds. The number of amides is 1. The molecule has 20 heteroatoms. The number of thioether (sulfide) groups is 1. The van der Waals surface area contributed by atoms with Crippen LogP contribution in [0.2, 0.25) is 20.5 Å². The zero-order valence-electron chi connectivity index (χ0n) is 76.4. The Labute approximate surface area is 717 Å². The number of carboxylic acids is 1. The van der Waals surface area contributed by atoms with Crippen molar-refractivity contribution in [2.24, 2.45) is 40.9 Å². The maximum absolute atomic E-state index is 12.7. The lowest BCUT2D eigenvalue weighted by Gasteiger charge is -2.37. The van der Waals surface area contributed by atoms with Gasteiger partial charge in [-0.2, -0.15) is 11.8 Å². The fraction of sp³-hybridized carbons (Fsp3) is 0.541. The average Bonchev–Trinajstić information content (AvgIpc) is 0.913. The third-order valence-corrected chi connectivity index (χ3v) is 23.9. The van der Waals surface area contributed by atoms with Crippen molar-refractivity contribution in [1.82, 2.24) is 10.6 Å². The Morgan fingerprint density at radius 2 is 1.20 bits per heavy atom. The van der Waals surface area contributed by atoms with E-state index in [0.717, 1.165) is 87.2 Å². The van der Waals surface area contributed by atoms with Crippen LogP contribution in [0.25, 0.3) is 0 Å². The van der Waals surface area contributed by atoms with Crippen LogP contribution in [0.3, 0.4) is 0 Å². The van der Waals surface area contributed by atoms with Gasteiger partial charge in [0.1, 0.15) is 18.1 Å². The summed E-state index contributed by atoms with van der Waals surface area (Å²) in [5.74, 6) is 4.23.